The van der Waals surface area contributed by atoms with Crippen molar-refractivity contribution in [2.24, 2.45) is 17.8 Å². The number of carbonyl (C=O) groups is 1. The van der Waals surface area contributed by atoms with Crippen molar-refractivity contribution in [2.45, 2.75) is 37.6 Å². The number of likely N-dealkylation sites (tertiary alicyclic amines) is 1. The molecule has 9 heteroatoms. The lowest BCUT2D eigenvalue weighted by Crippen LogP contribution is -2.51. The van der Waals surface area contributed by atoms with Gasteiger partial charge in [-0.3, -0.25) is 4.79 Å². The average Bonchev–Trinajstić information content (AvgIpc) is 2.97. The van der Waals surface area contributed by atoms with Gasteiger partial charge in [-0.05, 0) is 55.8 Å². The Morgan fingerprint density at radius 3 is 2.29 bits per heavy atom. The van der Waals surface area contributed by atoms with E-state index in [0.717, 1.165) is 32.0 Å². The molecule has 3 atom stereocenters. The Labute approximate surface area is 172 Å². The van der Waals surface area contributed by atoms with Crippen LogP contribution in [0.2, 0.25) is 0 Å². The fourth-order valence-corrected chi connectivity index (χ4v) is 5.42. The summed E-state index contributed by atoms with van der Waals surface area (Å²) >= 11 is 0. The number of sulfonamides is 1. The Bertz CT molecular complexity index is 776. The Hall–Kier alpha value is -1.22. The molecule has 2 fully saturated rings. The number of amides is 1. The van der Waals surface area contributed by atoms with Crippen LogP contribution in [-0.4, -0.2) is 51.4 Å². The zero-order chi connectivity index (χ0) is 19.6. The largest absolute Gasteiger partial charge is 0.341 e. The fourth-order valence-electron chi connectivity index (χ4n) is 4.00. The number of hydrogen-bond acceptors (Lipinski definition) is 4. The van der Waals surface area contributed by atoms with Gasteiger partial charge in [0.05, 0.1) is 0 Å². The Morgan fingerprint density at radius 1 is 1.18 bits per heavy atom. The number of hydrogen-bond donors (Lipinski definition) is 2. The molecule has 2 N–H and O–H groups in total. The van der Waals surface area contributed by atoms with Crippen molar-refractivity contribution >= 4 is 28.3 Å². The molecule has 0 saturated carbocycles. The normalized spacial score (nSPS) is 23.6. The number of rotatable bonds is 5. The van der Waals surface area contributed by atoms with Crippen LogP contribution in [0.25, 0.3) is 0 Å². The van der Waals surface area contributed by atoms with E-state index in [1.165, 1.54) is 18.2 Å². The first-order valence-electron chi connectivity index (χ1n) is 9.56. The van der Waals surface area contributed by atoms with Gasteiger partial charge in [-0.1, -0.05) is 26.0 Å². The molecule has 1 unspecified atom stereocenters. The first-order chi connectivity index (χ1) is 12.8. The number of halogens is 2. The van der Waals surface area contributed by atoms with Crippen LogP contribution < -0.4 is 10.0 Å². The van der Waals surface area contributed by atoms with E-state index in [9.17, 15) is 17.6 Å². The highest BCUT2D eigenvalue weighted by atomic mass is 35.5. The molecule has 1 amide bonds. The maximum atomic E-state index is 14.0. The van der Waals surface area contributed by atoms with Crippen LogP contribution in [0.5, 0.6) is 0 Å². The summed E-state index contributed by atoms with van der Waals surface area (Å²) in [5.74, 6) is -0.137. The molecule has 2 heterocycles. The third-order valence-corrected chi connectivity index (χ3v) is 7.15. The number of carbonyl (C=O) groups excluding carboxylic acids is 1. The summed E-state index contributed by atoms with van der Waals surface area (Å²) in [6.45, 7) is 6.82. The molecule has 2 aliphatic heterocycles. The van der Waals surface area contributed by atoms with Gasteiger partial charge >= 0.3 is 0 Å². The van der Waals surface area contributed by atoms with Crippen molar-refractivity contribution in [1.82, 2.24) is 14.9 Å². The first kappa shape index (κ1) is 23.1. The molecular weight excluding hydrogens is 405 g/mol. The van der Waals surface area contributed by atoms with Gasteiger partial charge in [0.1, 0.15) is 16.8 Å². The summed E-state index contributed by atoms with van der Waals surface area (Å²) in [5.41, 5.74) is 0. The Morgan fingerprint density at radius 2 is 1.75 bits per heavy atom. The summed E-state index contributed by atoms with van der Waals surface area (Å²) in [4.78, 5) is 14.4. The van der Waals surface area contributed by atoms with Gasteiger partial charge in [0.15, 0.2) is 0 Å². The molecule has 2 saturated heterocycles. The van der Waals surface area contributed by atoms with Crippen molar-refractivity contribution in [2.75, 3.05) is 26.2 Å². The minimum absolute atomic E-state index is 0. The SMILES string of the molecule is CC(C)C(NS(=O)(=O)c1ccccc1F)C(=O)N1CC[C@@H]2CNC[C@@H]2CC1.Cl. The molecule has 28 heavy (non-hydrogen) atoms. The van der Waals surface area contributed by atoms with Gasteiger partial charge in [-0.2, -0.15) is 4.72 Å². The third kappa shape index (κ3) is 5.03. The number of nitrogens with one attached hydrogen (secondary N) is 2. The maximum Gasteiger partial charge on any atom is 0.244 e. The van der Waals surface area contributed by atoms with E-state index >= 15 is 0 Å². The van der Waals surface area contributed by atoms with Gasteiger partial charge < -0.3 is 10.2 Å². The number of fused-ring (bicyclic) bond motifs is 1. The molecule has 0 aromatic heterocycles. The van der Waals surface area contributed by atoms with Gasteiger partial charge in [-0.25, -0.2) is 12.8 Å². The smallest absolute Gasteiger partial charge is 0.244 e. The summed E-state index contributed by atoms with van der Waals surface area (Å²) in [7, 11) is -4.13. The minimum Gasteiger partial charge on any atom is -0.341 e. The van der Waals surface area contributed by atoms with E-state index in [-0.39, 0.29) is 24.2 Å². The summed E-state index contributed by atoms with van der Waals surface area (Å²) in [6.07, 6.45) is 1.85. The van der Waals surface area contributed by atoms with E-state index < -0.39 is 26.8 Å². The predicted octanol–water partition coefficient (Wildman–Crippen LogP) is 2.01. The quantitative estimate of drug-likeness (QED) is 0.744. The summed E-state index contributed by atoms with van der Waals surface area (Å²) in [5, 5.41) is 3.40. The lowest BCUT2D eigenvalue weighted by atomic mass is 9.92. The topological polar surface area (TPSA) is 78.5 Å². The Balaban J connectivity index is 0.00000280. The van der Waals surface area contributed by atoms with E-state index in [0.29, 0.717) is 24.9 Å². The van der Waals surface area contributed by atoms with Gasteiger partial charge in [0.2, 0.25) is 15.9 Å². The standard InChI is InChI=1S/C19H28FN3O3S.ClH/c1-13(2)18(22-27(25,26)17-6-4-3-5-16(17)20)19(24)23-9-7-14-11-21-12-15(14)8-10-23;/h3-6,13-15,18,21-22H,7-12H2,1-2H3;1H/t14-,15+,18?;. The minimum atomic E-state index is -4.13. The maximum absolute atomic E-state index is 14.0. The van der Waals surface area contributed by atoms with Crippen LogP contribution in [0, 0.1) is 23.6 Å². The van der Waals surface area contributed by atoms with E-state index in [2.05, 4.69) is 10.0 Å². The molecule has 3 rings (SSSR count). The zero-order valence-corrected chi connectivity index (χ0v) is 17.9. The van der Waals surface area contributed by atoms with E-state index in [4.69, 9.17) is 0 Å². The van der Waals surface area contributed by atoms with Crippen molar-refractivity contribution in [1.29, 1.82) is 0 Å². The predicted molar refractivity (Wildman–Crippen MR) is 108 cm³/mol. The van der Waals surface area contributed by atoms with Crippen LogP contribution in [0.15, 0.2) is 29.2 Å². The molecule has 6 nitrogen and oxygen atoms in total. The lowest BCUT2D eigenvalue weighted by Gasteiger charge is -2.29. The number of benzene rings is 1. The van der Waals surface area contributed by atoms with Crippen molar-refractivity contribution in [3.63, 3.8) is 0 Å². The average molecular weight is 434 g/mol. The van der Waals surface area contributed by atoms with Gasteiger partial charge in [0.25, 0.3) is 0 Å². The van der Waals surface area contributed by atoms with Crippen LogP contribution in [0.3, 0.4) is 0 Å². The number of nitrogens with zero attached hydrogens (tertiary/aromatic N) is 1. The Kier molecular flexibility index (Phi) is 7.84. The van der Waals surface area contributed by atoms with Crippen molar-refractivity contribution in [3.05, 3.63) is 30.1 Å². The van der Waals surface area contributed by atoms with Crippen molar-refractivity contribution < 1.29 is 17.6 Å². The molecule has 158 valence electrons. The highest BCUT2D eigenvalue weighted by Crippen LogP contribution is 2.28. The second-order valence-electron chi connectivity index (χ2n) is 7.85. The van der Waals surface area contributed by atoms with Crippen LogP contribution in [0.4, 0.5) is 4.39 Å². The van der Waals surface area contributed by atoms with Crippen LogP contribution in [0.1, 0.15) is 26.7 Å². The molecular formula is C19H29ClFN3O3S. The highest BCUT2D eigenvalue weighted by molar-refractivity contribution is 7.89. The van der Waals surface area contributed by atoms with E-state index in [1.54, 1.807) is 18.7 Å². The van der Waals surface area contributed by atoms with E-state index in [1.807, 2.05) is 0 Å². The third-order valence-electron chi connectivity index (χ3n) is 5.67. The molecule has 0 spiro atoms. The summed E-state index contributed by atoms with van der Waals surface area (Å²) < 4.78 is 41.7. The second kappa shape index (κ2) is 9.52. The molecule has 1 aromatic rings. The van der Waals surface area contributed by atoms with Gasteiger partial charge in [0, 0.05) is 13.1 Å². The molecule has 0 bridgehead atoms. The summed E-state index contributed by atoms with van der Waals surface area (Å²) in [6, 6.07) is 4.29. The van der Waals surface area contributed by atoms with Crippen LogP contribution in [-0.2, 0) is 14.8 Å². The van der Waals surface area contributed by atoms with Crippen LogP contribution >= 0.6 is 12.4 Å². The van der Waals surface area contributed by atoms with Crippen molar-refractivity contribution in [3.8, 4) is 0 Å². The fraction of sp³-hybridized carbons (Fsp3) is 0.632. The molecule has 0 radical (unpaired) electrons. The monoisotopic (exact) mass is 433 g/mol. The zero-order valence-electron chi connectivity index (χ0n) is 16.2. The highest BCUT2D eigenvalue weighted by Gasteiger charge is 2.36. The second-order valence-corrected chi connectivity index (χ2v) is 9.54. The molecule has 0 aliphatic carbocycles. The first-order valence-corrected chi connectivity index (χ1v) is 11.0. The lowest BCUT2D eigenvalue weighted by molar-refractivity contribution is -0.134. The molecule has 1 aromatic carbocycles. The van der Waals surface area contributed by atoms with Gasteiger partial charge in [-0.15, -0.1) is 12.4 Å². The molecule has 2 aliphatic rings.